The molecular formula is C68H112Br2N2O2. The molecule has 420 valence electrons. The number of unbranched alkanes of at least 4 members (excludes halogenated alkanes) is 32. The summed E-state index contributed by atoms with van der Waals surface area (Å²) in [5.74, 6) is 1.42. The summed E-state index contributed by atoms with van der Waals surface area (Å²) in [6.07, 6.45) is 58.9. The molecule has 2 unspecified atom stereocenters. The zero-order chi connectivity index (χ0) is 52.9. The van der Waals surface area contributed by atoms with Crippen molar-refractivity contribution in [2.75, 3.05) is 22.9 Å². The van der Waals surface area contributed by atoms with Gasteiger partial charge in [-0.05, 0) is 61.8 Å². The van der Waals surface area contributed by atoms with Gasteiger partial charge in [-0.15, -0.1) is 0 Å². The Labute approximate surface area is 474 Å². The van der Waals surface area contributed by atoms with Crippen molar-refractivity contribution in [3.8, 4) is 0 Å². The van der Waals surface area contributed by atoms with Crippen LogP contribution in [0.15, 0.2) is 45.3 Å². The second-order valence-electron chi connectivity index (χ2n) is 23.5. The first kappa shape index (κ1) is 64.6. The third kappa shape index (κ3) is 24.8. The monoisotopic (exact) mass is 1150 g/mol. The second kappa shape index (κ2) is 41.2. The van der Waals surface area contributed by atoms with Crippen molar-refractivity contribution in [1.29, 1.82) is 0 Å². The molecule has 0 fully saturated rings. The molecule has 0 spiro atoms. The minimum absolute atomic E-state index is 0.00611. The van der Waals surface area contributed by atoms with Crippen molar-refractivity contribution < 1.29 is 9.59 Å². The van der Waals surface area contributed by atoms with Crippen LogP contribution in [0.25, 0.3) is 11.1 Å². The van der Waals surface area contributed by atoms with E-state index in [9.17, 15) is 9.59 Å². The Morgan fingerprint density at radius 2 is 0.554 bits per heavy atom. The Bertz CT molecular complexity index is 1690. The molecule has 0 saturated heterocycles. The van der Waals surface area contributed by atoms with E-state index in [1.165, 1.54) is 257 Å². The van der Waals surface area contributed by atoms with Gasteiger partial charge in [-0.25, -0.2) is 0 Å². The van der Waals surface area contributed by atoms with Crippen molar-refractivity contribution in [3.05, 3.63) is 56.5 Å². The number of halogens is 2. The summed E-state index contributed by atoms with van der Waals surface area (Å²) in [7, 11) is 0. The fourth-order valence-corrected chi connectivity index (χ4v) is 13.1. The minimum atomic E-state index is -0.00611. The number of amides is 2. The Hall–Kier alpha value is -1.92. The first-order chi connectivity index (χ1) is 36.3. The lowest BCUT2D eigenvalue weighted by atomic mass is 9.90. The molecule has 0 saturated carbocycles. The molecule has 2 aliphatic heterocycles. The number of hydrogen-bond donors (Lipinski definition) is 0. The van der Waals surface area contributed by atoms with Crippen LogP contribution in [0, 0.1) is 11.8 Å². The van der Waals surface area contributed by atoms with Gasteiger partial charge in [0.25, 0.3) is 11.8 Å². The highest BCUT2D eigenvalue weighted by molar-refractivity contribution is 9.10. The van der Waals surface area contributed by atoms with Gasteiger partial charge in [-0.1, -0.05) is 329 Å². The van der Waals surface area contributed by atoms with Crippen molar-refractivity contribution in [3.63, 3.8) is 0 Å². The summed E-state index contributed by atoms with van der Waals surface area (Å²) in [5, 5.41) is 0. The third-order valence-corrected chi connectivity index (χ3v) is 18.0. The van der Waals surface area contributed by atoms with Crippen molar-refractivity contribution in [1.82, 2.24) is 0 Å². The molecule has 4 rings (SSSR count). The molecule has 0 radical (unpaired) electrons. The van der Waals surface area contributed by atoms with E-state index >= 15 is 0 Å². The largest absolute Gasteiger partial charge is 0.308 e. The molecule has 2 amide bonds. The molecule has 2 heterocycles. The summed E-state index contributed by atoms with van der Waals surface area (Å²) >= 11 is 7.53. The molecule has 0 aliphatic carbocycles. The van der Waals surface area contributed by atoms with E-state index in [2.05, 4.69) is 83.8 Å². The van der Waals surface area contributed by atoms with Crippen molar-refractivity contribution >= 4 is 66.2 Å². The lowest BCUT2D eigenvalue weighted by molar-refractivity contribution is -0.114. The van der Waals surface area contributed by atoms with E-state index in [4.69, 9.17) is 0 Å². The van der Waals surface area contributed by atoms with Gasteiger partial charge >= 0.3 is 0 Å². The molecule has 6 heteroatoms. The number of benzene rings is 2. The molecule has 0 bridgehead atoms. The van der Waals surface area contributed by atoms with E-state index in [-0.39, 0.29) is 11.8 Å². The Morgan fingerprint density at radius 1 is 0.324 bits per heavy atom. The van der Waals surface area contributed by atoms with Gasteiger partial charge in [0.05, 0.1) is 22.5 Å². The summed E-state index contributed by atoms with van der Waals surface area (Å²) in [6.45, 7) is 10.6. The van der Waals surface area contributed by atoms with Crippen LogP contribution >= 0.6 is 31.9 Å². The van der Waals surface area contributed by atoms with Crippen molar-refractivity contribution in [2.45, 2.75) is 310 Å². The molecule has 74 heavy (non-hydrogen) atoms. The Morgan fingerprint density at radius 3 is 0.811 bits per heavy atom. The first-order valence-corrected chi connectivity index (χ1v) is 33.9. The fraction of sp³-hybridized carbons (Fsp3) is 0.765. The highest BCUT2D eigenvalue weighted by atomic mass is 79.9. The highest BCUT2D eigenvalue weighted by Gasteiger charge is 2.42. The summed E-state index contributed by atoms with van der Waals surface area (Å²) < 4.78 is 1.94. The smallest absolute Gasteiger partial charge is 0.259 e. The summed E-state index contributed by atoms with van der Waals surface area (Å²) in [4.78, 5) is 34.0. The Kier molecular flexibility index (Phi) is 35.9. The number of fused-ring (bicyclic) bond motifs is 2. The quantitative estimate of drug-likeness (QED) is 0.0489. The van der Waals surface area contributed by atoms with E-state index in [1.807, 2.05) is 21.9 Å². The van der Waals surface area contributed by atoms with Gasteiger partial charge in [0.2, 0.25) is 0 Å². The lowest BCUT2D eigenvalue weighted by Crippen LogP contribution is -2.30. The molecular weight excluding hydrogens is 1040 g/mol. The number of hydrogen-bond acceptors (Lipinski definition) is 2. The Balaban J connectivity index is 1.40. The topological polar surface area (TPSA) is 40.6 Å². The minimum Gasteiger partial charge on any atom is -0.308 e. The maximum absolute atomic E-state index is 15.0. The SMILES string of the molecule is CCCCCCCCCCCCC(CCCCCCCCCC)CCCN1C(=O)/C(=C2/C(=O)N(CCCC(CCCCCCCCCC)CCCCCCCCCCCC)c3cc(Br)ccc32)c2ccc(Br)cc21. The number of rotatable bonds is 48. The van der Waals surface area contributed by atoms with Crippen LogP contribution in [-0.4, -0.2) is 24.9 Å². The van der Waals surface area contributed by atoms with Gasteiger partial charge < -0.3 is 9.80 Å². The van der Waals surface area contributed by atoms with E-state index in [1.54, 1.807) is 0 Å². The molecule has 0 N–H and O–H groups in total. The van der Waals surface area contributed by atoms with Crippen LogP contribution in [0.5, 0.6) is 0 Å². The maximum atomic E-state index is 15.0. The number of carbonyl (C=O) groups is 2. The van der Waals surface area contributed by atoms with E-state index in [0.29, 0.717) is 36.1 Å². The van der Waals surface area contributed by atoms with Gasteiger partial charge in [0, 0.05) is 33.2 Å². The molecule has 0 aromatic heterocycles. The third-order valence-electron chi connectivity index (χ3n) is 17.1. The predicted octanol–water partition coefficient (Wildman–Crippen LogP) is 23.3. The standard InChI is InChI=1S/C68H112Br2N2O2/c1-5-9-13-17-21-25-27-31-35-39-45-57(43-37-33-29-23-19-15-11-7-3)47-41-53-71-63-55-59(69)49-51-61(63)65(67(71)73)66-62-52-50-60(70)56-64(62)72(68(66)74)54-42-48-58(44-38-34-30-24-20-16-12-8-4)46-40-36-32-28-26-22-18-14-10-6-2/h49-52,55-58H,5-48,53-54H2,1-4H3/b66-65+. The molecule has 2 atom stereocenters. The molecule has 2 aliphatic rings. The first-order valence-electron chi connectivity index (χ1n) is 32.3. The average molecular weight is 1150 g/mol. The van der Waals surface area contributed by atoms with Crippen LogP contribution < -0.4 is 9.80 Å². The average Bonchev–Trinajstić information content (AvgIpc) is 3.81. The van der Waals surface area contributed by atoms with Crippen molar-refractivity contribution in [2.24, 2.45) is 11.8 Å². The summed E-state index contributed by atoms with van der Waals surface area (Å²) in [6, 6.07) is 12.5. The summed E-state index contributed by atoms with van der Waals surface area (Å²) in [5.41, 5.74) is 4.89. The second-order valence-corrected chi connectivity index (χ2v) is 25.3. The normalized spacial score (nSPS) is 15.2. The molecule has 2 aromatic rings. The van der Waals surface area contributed by atoms with Crippen LogP contribution in [0.4, 0.5) is 11.4 Å². The van der Waals surface area contributed by atoms with Crippen LogP contribution in [0.3, 0.4) is 0 Å². The van der Waals surface area contributed by atoms with Gasteiger partial charge in [0.15, 0.2) is 0 Å². The predicted molar refractivity (Wildman–Crippen MR) is 333 cm³/mol. The maximum Gasteiger partial charge on any atom is 0.259 e. The number of carbonyl (C=O) groups excluding carboxylic acids is 2. The molecule has 4 nitrogen and oxygen atoms in total. The van der Waals surface area contributed by atoms with E-state index in [0.717, 1.165) is 57.1 Å². The van der Waals surface area contributed by atoms with Gasteiger partial charge in [0.1, 0.15) is 0 Å². The zero-order valence-electron chi connectivity index (χ0n) is 48.6. The van der Waals surface area contributed by atoms with Gasteiger partial charge in [-0.3, -0.25) is 9.59 Å². The lowest BCUT2D eigenvalue weighted by Gasteiger charge is -2.21. The van der Waals surface area contributed by atoms with Crippen LogP contribution in [0.2, 0.25) is 0 Å². The fourth-order valence-electron chi connectivity index (χ4n) is 12.4. The van der Waals surface area contributed by atoms with Crippen LogP contribution in [-0.2, 0) is 9.59 Å². The van der Waals surface area contributed by atoms with Gasteiger partial charge in [-0.2, -0.15) is 0 Å². The number of nitrogens with zero attached hydrogens (tertiary/aromatic N) is 2. The zero-order valence-corrected chi connectivity index (χ0v) is 51.8. The van der Waals surface area contributed by atoms with E-state index < -0.39 is 0 Å². The highest BCUT2D eigenvalue weighted by Crippen LogP contribution is 2.48. The number of anilines is 2. The van der Waals surface area contributed by atoms with Crippen LogP contribution in [0.1, 0.15) is 321 Å². The molecule has 2 aromatic carbocycles.